The maximum Gasteiger partial charge on any atom is 2.00 e. The van der Waals surface area contributed by atoms with Gasteiger partial charge in [-0.05, 0) is 0 Å². The Morgan fingerprint density at radius 1 is 1.57 bits per heavy atom. The minimum Gasteiger partial charge on any atom is -0.810 e. The molecule has 0 amide bonds. The van der Waals surface area contributed by atoms with Crippen LogP contribution < -0.4 is 15.5 Å². The fraction of sp³-hybridized carbons (Fsp3) is 1.00. The van der Waals surface area contributed by atoms with Crippen LogP contribution in [0.5, 0.6) is 0 Å². The first-order valence-electron chi connectivity index (χ1n) is 1.27. The van der Waals surface area contributed by atoms with Gasteiger partial charge in [0.2, 0.25) is 0 Å². The molecule has 0 aromatic carbocycles. The second kappa shape index (κ2) is 3.61. The van der Waals surface area contributed by atoms with E-state index in [-0.39, 0.29) is 17.1 Å². The van der Waals surface area contributed by atoms with Gasteiger partial charge >= 0.3 is 17.1 Å². The summed E-state index contributed by atoms with van der Waals surface area (Å²) in [4.78, 5) is 18.7. The Morgan fingerprint density at radius 3 is 1.71 bits per heavy atom. The second-order valence-corrected chi connectivity index (χ2v) is 2.38. The molecule has 0 aliphatic rings. The van der Waals surface area contributed by atoms with E-state index in [1.165, 1.54) is 0 Å². The topological polar surface area (TPSA) is 89.2 Å². The van der Waals surface area contributed by atoms with Crippen molar-refractivity contribution in [3.8, 4) is 0 Å². The average molecular weight is 165 g/mol. The molecular weight excluding hydrogens is 161 g/mol. The molecule has 0 bridgehead atoms. The van der Waals surface area contributed by atoms with Gasteiger partial charge < -0.3 is 20.1 Å². The smallest absolute Gasteiger partial charge is 0.810 e. The van der Waals surface area contributed by atoms with E-state index in [4.69, 9.17) is 0 Å². The molecule has 0 rings (SSSR count). The molecule has 6 heteroatoms. The van der Waals surface area contributed by atoms with E-state index in [1.54, 1.807) is 0 Å². The Morgan fingerprint density at radius 2 is 1.71 bits per heavy atom. The zero-order valence-electron chi connectivity index (χ0n) is 3.31. The molecule has 0 unspecified atom stereocenters. The normalized spacial score (nSPS) is 10.1. The average Bonchev–Trinajstić information content (AvgIpc) is 1.35. The SMILES string of the molecule is NCP(=O)([O-])[O-].[Fe+2]. The van der Waals surface area contributed by atoms with Gasteiger partial charge in [-0.15, -0.1) is 0 Å². The molecule has 0 saturated carbocycles. The Balaban J connectivity index is 0. The van der Waals surface area contributed by atoms with Gasteiger partial charge in [-0.3, -0.25) is 0 Å². The monoisotopic (exact) mass is 165 g/mol. The van der Waals surface area contributed by atoms with Gasteiger partial charge in [-0.1, -0.05) is 7.60 Å². The van der Waals surface area contributed by atoms with Crippen LogP contribution in [-0.2, 0) is 21.6 Å². The number of hydrogen-bond donors (Lipinski definition) is 1. The van der Waals surface area contributed by atoms with Crippen LogP contribution in [0.4, 0.5) is 0 Å². The largest absolute Gasteiger partial charge is 2.00 e. The fourth-order valence-electron chi connectivity index (χ4n) is 0. The molecule has 4 nitrogen and oxygen atoms in total. The fourth-order valence-corrected chi connectivity index (χ4v) is 0. The van der Waals surface area contributed by atoms with Gasteiger partial charge in [-0.25, -0.2) is 0 Å². The first-order chi connectivity index (χ1) is 2.56. The van der Waals surface area contributed by atoms with Crippen molar-refractivity contribution < 1.29 is 31.4 Å². The molecule has 0 aromatic rings. The first kappa shape index (κ1) is 10.6. The Bertz CT molecular complexity index is 79.0. The maximum atomic E-state index is 9.35. The van der Waals surface area contributed by atoms with Gasteiger partial charge in [0, 0.05) is 6.29 Å². The second-order valence-electron chi connectivity index (χ2n) is 0.793. The van der Waals surface area contributed by atoms with Crippen molar-refractivity contribution in [2.75, 3.05) is 6.29 Å². The summed E-state index contributed by atoms with van der Waals surface area (Å²) in [5.41, 5.74) is 4.42. The molecule has 0 aliphatic heterocycles. The summed E-state index contributed by atoms with van der Waals surface area (Å²) < 4.78 is 9.35. The molecule has 0 spiro atoms. The molecule has 7 heavy (non-hydrogen) atoms. The van der Waals surface area contributed by atoms with Crippen molar-refractivity contribution in [3.05, 3.63) is 0 Å². The quantitative estimate of drug-likeness (QED) is 0.353. The Kier molecular flexibility index (Phi) is 5.46. The molecular formula is CH4FeNO3P. The van der Waals surface area contributed by atoms with Gasteiger partial charge in [0.25, 0.3) is 0 Å². The summed E-state index contributed by atoms with van der Waals surface area (Å²) in [6.45, 7) is 0. The summed E-state index contributed by atoms with van der Waals surface area (Å²) in [6.07, 6.45) is -0.785. The van der Waals surface area contributed by atoms with Crippen molar-refractivity contribution in [1.82, 2.24) is 0 Å². The van der Waals surface area contributed by atoms with Crippen LogP contribution in [0.25, 0.3) is 0 Å². The summed E-state index contributed by atoms with van der Waals surface area (Å²) in [7, 11) is -4.37. The molecule has 0 aliphatic carbocycles. The number of rotatable bonds is 1. The summed E-state index contributed by atoms with van der Waals surface area (Å²) in [6, 6.07) is 0. The number of hydrogen-bond acceptors (Lipinski definition) is 4. The molecule has 0 radical (unpaired) electrons. The van der Waals surface area contributed by atoms with Crippen LogP contribution in [0, 0.1) is 0 Å². The molecule has 0 atom stereocenters. The van der Waals surface area contributed by atoms with Crippen molar-refractivity contribution >= 4 is 7.60 Å². The van der Waals surface area contributed by atoms with E-state index < -0.39 is 13.9 Å². The van der Waals surface area contributed by atoms with Crippen molar-refractivity contribution in [1.29, 1.82) is 0 Å². The van der Waals surface area contributed by atoms with E-state index in [9.17, 15) is 14.4 Å². The van der Waals surface area contributed by atoms with Gasteiger partial charge in [0.1, 0.15) is 0 Å². The zero-order chi connectivity index (χ0) is 5.21. The van der Waals surface area contributed by atoms with E-state index in [0.29, 0.717) is 0 Å². The first-order valence-corrected chi connectivity index (χ1v) is 3.00. The Hall–Kier alpha value is 0.629. The van der Waals surface area contributed by atoms with Crippen LogP contribution >= 0.6 is 7.60 Å². The third-order valence-electron chi connectivity index (χ3n) is 0.224. The molecule has 44 valence electrons. The van der Waals surface area contributed by atoms with Crippen molar-refractivity contribution in [2.45, 2.75) is 0 Å². The molecule has 0 heterocycles. The van der Waals surface area contributed by atoms with E-state index in [2.05, 4.69) is 5.73 Å². The molecule has 0 fully saturated rings. The van der Waals surface area contributed by atoms with Gasteiger partial charge in [-0.2, -0.15) is 0 Å². The van der Waals surface area contributed by atoms with Crippen molar-refractivity contribution in [2.24, 2.45) is 5.73 Å². The van der Waals surface area contributed by atoms with E-state index in [0.717, 1.165) is 0 Å². The zero-order valence-corrected chi connectivity index (χ0v) is 5.31. The van der Waals surface area contributed by atoms with Crippen LogP contribution in [0.2, 0.25) is 0 Å². The predicted molar refractivity (Wildman–Crippen MR) is 16.7 cm³/mol. The molecule has 2 N–H and O–H groups in total. The third-order valence-corrected chi connectivity index (χ3v) is 0.671. The third kappa shape index (κ3) is 10.8. The van der Waals surface area contributed by atoms with Crippen LogP contribution in [0.15, 0.2) is 0 Å². The molecule has 0 saturated heterocycles. The summed E-state index contributed by atoms with van der Waals surface area (Å²) in [5.74, 6) is 0. The van der Waals surface area contributed by atoms with E-state index >= 15 is 0 Å². The summed E-state index contributed by atoms with van der Waals surface area (Å²) >= 11 is 0. The van der Waals surface area contributed by atoms with Crippen LogP contribution in [-0.4, -0.2) is 6.29 Å². The van der Waals surface area contributed by atoms with E-state index in [1.807, 2.05) is 0 Å². The van der Waals surface area contributed by atoms with Crippen LogP contribution in [0.3, 0.4) is 0 Å². The number of nitrogens with two attached hydrogens (primary N) is 1. The minimum absolute atomic E-state index is 0. The standard InChI is InChI=1S/CH6NO3P.Fe/c2-1-6(3,4)5;/h1-2H2,(H2,3,4,5);/q;+2/p-2. The molecule has 0 aromatic heterocycles. The predicted octanol–water partition coefficient (Wildman–Crippen LogP) is -2.19. The summed E-state index contributed by atoms with van der Waals surface area (Å²) in [5, 5.41) is 0. The van der Waals surface area contributed by atoms with Gasteiger partial charge in [0.15, 0.2) is 0 Å². The van der Waals surface area contributed by atoms with Gasteiger partial charge in [0.05, 0.1) is 0 Å². The van der Waals surface area contributed by atoms with Crippen LogP contribution in [0.1, 0.15) is 0 Å². The Labute approximate surface area is 51.7 Å². The van der Waals surface area contributed by atoms with Crippen molar-refractivity contribution in [3.63, 3.8) is 0 Å². The maximum absolute atomic E-state index is 9.35. The minimum atomic E-state index is -4.37.